The third-order valence-corrected chi connectivity index (χ3v) is 5.34. The Bertz CT molecular complexity index is 883. The summed E-state index contributed by atoms with van der Waals surface area (Å²) < 4.78 is 25.5. The second kappa shape index (κ2) is 7.64. The molecule has 0 spiro atoms. The average molecular weight is 401 g/mol. The number of hydrogen-bond donors (Lipinski definition) is 1. The highest BCUT2D eigenvalue weighted by molar-refractivity contribution is 7.92. The zero-order chi connectivity index (χ0) is 18.8. The lowest BCUT2D eigenvalue weighted by Crippen LogP contribution is -2.45. The molecule has 1 unspecified atom stereocenters. The van der Waals surface area contributed by atoms with Gasteiger partial charge in [-0.15, -0.1) is 0 Å². The van der Waals surface area contributed by atoms with Crippen molar-refractivity contribution < 1.29 is 13.2 Å². The van der Waals surface area contributed by atoms with Crippen LogP contribution in [0.2, 0.25) is 10.0 Å². The van der Waals surface area contributed by atoms with Crippen molar-refractivity contribution in [2.24, 2.45) is 0 Å². The third kappa shape index (κ3) is 4.87. The number of carbonyl (C=O) groups is 1. The molecule has 2 rings (SSSR count). The number of anilines is 2. The molecule has 0 saturated heterocycles. The minimum atomic E-state index is -3.77. The van der Waals surface area contributed by atoms with Crippen LogP contribution in [-0.4, -0.2) is 26.6 Å². The van der Waals surface area contributed by atoms with Gasteiger partial charge in [0, 0.05) is 10.7 Å². The summed E-state index contributed by atoms with van der Waals surface area (Å²) in [4.78, 5) is 12.6. The molecule has 0 bridgehead atoms. The van der Waals surface area contributed by atoms with Crippen molar-refractivity contribution in [1.82, 2.24) is 0 Å². The van der Waals surface area contributed by atoms with Crippen LogP contribution in [0.3, 0.4) is 0 Å². The maximum atomic E-state index is 12.6. The Balaban J connectivity index is 2.36. The summed E-state index contributed by atoms with van der Waals surface area (Å²) >= 11 is 12.1. The van der Waals surface area contributed by atoms with E-state index in [4.69, 9.17) is 23.2 Å². The zero-order valence-corrected chi connectivity index (χ0v) is 16.3. The summed E-state index contributed by atoms with van der Waals surface area (Å²) in [6, 6.07) is 10.6. The predicted octanol–water partition coefficient (Wildman–Crippen LogP) is 4.10. The SMILES string of the molecule is Cc1ccc(NC(=O)C(C)N(c2cc(Cl)ccc2Cl)S(C)(=O)=O)cc1. The summed E-state index contributed by atoms with van der Waals surface area (Å²) in [5, 5.41) is 3.21. The van der Waals surface area contributed by atoms with Crippen molar-refractivity contribution in [3.63, 3.8) is 0 Å². The highest BCUT2D eigenvalue weighted by Crippen LogP contribution is 2.32. The molecule has 0 aliphatic heterocycles. The summed E-state index contributed by atoms with van der Waals surface area (Å²) in [7, 11) is -3.77. The molecular weight excluding hydrogens is 383 g/mol. The van der Waals surface area contributed by atoms with Crippen molar-refractivity contribution in [1.29, 1.82) is 0 Å². The van der Waals surface area contributed by atoms with Gasteiger partial charge in [-0.05, 0) is 44.2 Å². The number of nitrogens with one attached hydrogen (secondary N) is 1. The van der Waals surface area contributed by atoms with Crippen LogP contribution in [0.15, 0.2) is 42.5 Å². The monoisotopic (exact) mass is 400 g/mol. The molecule has 0 aromatic heterocycles. The normalized spacial score (nSPS) is 12.5. The number of amides is 1. The van der Waals surface area contributed by atoms with E-state index in [9.17, 15) is 13.2 Å². The number of rotatable bonds is 5. The van der Waals surface area contributed by atoms with Crippen LogP contribution in [0.1, 0.15) is 12.5 Å². The van der Waals surface area contributed by atoms with E-state index in [2.05, 4.69) is 5.32 Å². The van der Waals surface area contributed by atoms with Crippen molar-refractivity contribution in [2.45, 2.75) is 19.9 Å². The summed E-state index contributed by atoms with van der Waals surface area (Å²) in [5.74, 6) is -0.481. The number of nitrogens with zero attached hydrogens (tertiary/aromatic N) is 1. The maximum absolute atomic E-state index is 12.6. The molecule has 0 saturated carbocycles. The third-order valence-electron chi connectivity index (χ3n) is 3.55. The van der Waals surface area contributed by atoms with Crippen molar-refractivity contribution >= 4 is 50.5 Å². The molecule has 134 valence electrons. The Morgan fingerprint density at radius 1 is 1.12 bits per heavy atom. The van der Waals surface area contributed by atoms with Crippen LogP contribution >= 0.6 is 23.2 Å². The van der Waals surface area contributed by atoms with Gasteiger partial charge < -0.3 is 5.32 Å². The first kappa shape index (κ1) is 19.6. The van der Waals surface area contributed by atoms with Crippen LogP contribution in [0.4, 0.5) is 11.4 Å². The summed E-state index contributed by atoms with van der Waals surface area (Å²) in [6.07, 6.45) is 1.01. The van der Waals surface area contributed by atoms with E-state index in [1.54, 1.807) is 18.2 Å². The van der Waals surface area contributed by atoms with Crippen LogP contribution in [-0.2, 0) is 14.8 Å². The minimum absolute atomic E-state index is 0.156. The number of sulfonamides is 1. The zero-order valence-electron chi connectivity index (χ0n) is 14.0. The molecule has 1 amide bonds. The smallest absolute Gasteiger partial charge is 0.247 e. The van der Waals surface area contributed by atoms with Gasteiger partial charge in [0.2, 0.25) is 15.9 Å². The highest BCUT2D eigenvalue weighted by Gasteiger charge is 2.30. The van der Waals surface area contributed by atoms with Crippen LogP contribution in [0.5, 0.6) is 0 Å². The van der Waals surface area contributed by atoms with Crippen LogP contribution < -0.4 is 9.62 Å². The van der Waals surface area contributed by atoms with Crippen LogP contribution in [0, 0.1) is 6.92 Å². The van der Waals surface area contributed by atoms with Crippen LogP contribution in [0.25, 0.3) is 0 Å². The number of hydrogen-bond acceptors (Lipinski definition) is 3. The molecule has 0 heterocycles. The molecule has 0 aliphatic carbocycles. The first-order valence-electron chi connectivity index (χ1n) is 7.41. The first-order valence-corrected chi connectivity index (χ1v) is 10.0. The van der Waals surface area contributed by atoms with Gasteiger partial charge in [0.1, 0.15) is 6.04 Å². The lowest BCUT2D eigenvalue weighted by molar-refractivity contribution is -0.116. The predicted molar refractivity (Wildman–Crippen MR) is 103 cm³/mol. The quantitative estimate of drug-likeness (QED) is 0.821. The molecule has 5 nitrogen and oxygen atoms in total. The van der Waals surface area contributed by atoms with Gasteiger partial charge in [0.15, 0.2) is 0 Å². The molecular formula is C17H18Cl2N2O3S. The van der Waals surface area contributed by atoms with Crippen molar-refractivity contribution in [3.8, 4) is 0 Å². The fourth-order valence-electron chi connectivity index (χ4n) is 2.32. The van der Waals surface area contributed by atoms with E-state index >= 15 is 0 Å². The van der Waals surface area contributed by atoms with E-state index < -0.39 is 22.0 Å². The fourth-order valence-corrected chi connectivity index (χ4v) is 3.92. The standard InChI is InChI=1S/C17H18Cl2N2O3S/c1-11-4-7-14(8-5-11)20-17(22)12(2)21(25(3,23)24)16-10-13(18)6-9-15(16)19/h4-10,12H,1-3H3,(H,20,22). The van der Waals surface area contributed by atoms with Gasteiger partial charge in [0.05, 0.1) is 17.0 Å². The molecule has 25 heavy (non-hydrogen) atoms. The molecule has 2 aromatic carbocycles. The van der Waals surface area contributed by atoms with Gasteiger partial charge in [0.25, 0.3) is 0 Å². The van der Waals surface area contributed by atoms with E-state index in [0.717, 1.165) is 16.1 Å². The lowest BCUT2D eigenvalue weighted by atomic mass is 10.2. The Morgan fingerprint density at radius 2 is 1.72 bits per heavy atom. The minimum Gasteiger partial charge on any atom is -0.324 e. The first-order chi connectivity index (χ1) is 11.6. The summed E-state index contributed by atoms with van der Waals surface area (Å²) in [5.41, 5.74) is 1.78. The topological polar surface area (TPSA) is 66.5 Å². The van der Waals surface area contributed by atoms with Gasteiger partial charge >= 0.3 is 0 Å². The lowest BCUT2D eigenvalue weighted by Gasteiger charge is -2.29. The number of benzene rings is 2. The molecule has 2 aromatic rings. The van der Waals surface area contributed by atoms with E-state index in [-0.39, 0.29) is 10.7 Å². The Kier molecular flexibility index (Phi) is 5.98. The van der Waals surface area contributed by atoms with Gasteiger partial charge in [-0.3, -0.25) is 9.10 Å². The molecule has 1 N–H and O–H groups in total. The summed E-state index contributed by atoms with van der Waals surface area (Å²) in [6.45, 7) is 3.42. The molecule has 0 fully saturated rings. The molecule has 8 heteroatoms. The van der Waals surface area contributed by atoms with E-state index in [1.165, 1.54) is 19.1 Å². The maximum Gasteiger partial charge on any atom is 0.247 e. The van der Waals surface area contributed by atoms with Crippen molar-refractivity contribution in [2.75, 3.05) is 15.9 Å². The largest absolute Gasteiger partial charge is 0.324 e. The Morgan fingerprint density at radius 3 is 2.28 bits per heavy atom. The molecule has 0 radical (unpaired) electrons. The average Bonchev–Trinajstić information content (AvgIpc) is 2.51. The number of carbonyl (C=O) groups excluding carboxylic acids is 1. The van der Waals surface area contributed by atoms with E-state index in [1.807, 2.05) is 19.1 Å². The Hall–Kier alpha value is -1.76. The van der Waals surface area contributed by atoms with Gasteiger partial charge in [-0.1, -0.05) is 40.9 Å². The second-order valence-corrected chi connectivity index (χ2v) is 8.39. The fraction of sp³-hybridized carbons (Fsp3) is 0.235. The van der Waals surface area contributed by atoms with E-state index in [0.29, 0.717) is 10.7 Å². The van der Waals surface area contributed by atoms with Gasteiger partial charge in [-0.25, -0.2) is 8.42 Å². The molecule has 0 aliphatic rings. The highest BCUT2D eigenvalue weighted by atomic mass is 35.5. The van der Waals surface area contributed by atoms with Gasteiger partial charge in [-0.2, -0.15) is 0 Å². The number of halogens is 2. The van der Waals surface area contributed by atoms with Crippen molar-refractivity contribution in [3.05, 3.63) is 58.1 Å². The molecule has 1 atom stereocenters. The second-order valence-electron chi connectivity index (χ2n) is 5.69. The Labute approximate surface area is 157 Å². The number of aryl methyl sites for hydroxylation is 1.